The van der Waals surface area contributed by atoms with E-state index in [1.165, 1.54) is 24.9 Å². The van der Waals surface area contributed by atoms with Crippen molar-refractivity contribution in [1.82, 2.24) is 4.90 Å². The van der Waals surface area contributed by atoms with Gasteiger partial charge in [0.2, 0.25) is 0 Å². The minimum atomic E-state index is 0.326. The maximum absolute atomic E-state index is 5.87. The maximum Gasteiger partial charge on any atom is 0.0233 e. The number of rotatable bonds is 3. The summed E-state index contributed by atoms with van der Waals surface area (Å²) in [6, 6.07) is 10.7. The molecule has 1 fully saturated rings. The highest BCUT2D eigenvalue weighted by molar-refractivity contribution is 5.14. The number of hydrogen-bond acceptors (Lipinski definition) is 2. The fourth-order valence-electron chi connectivity index (χ4n) is 2.57. The number of likely N-dealkylation sites (tertiary alicyclic amines) is 1. The van der Waals surface area contributed by atoms with Crippen LogP contribution in [-0.2, 0) is 6.54 Å². The van der Waals surface area contributed by atoms with Crippen LogP contribution in [0.15, 0.2) is 30.3 Å². The summed E-state index contributed by atoms with van der Waals surface area (Å²) in [5.74, 6) is 0. The highest BCUT2D eigenvalue weighted by atomic mass is 15.1. The third kappa shape index (κ3) is 2.83. The molecule has 0 saturated carbocycles. The van der Waals surface area contributed by atoms with Crippen molar-refractivity contribution in [3.05, 3.63) is 35.9 Å². The fourth-order valence-corrected chi connectivity index (χ4v) is 2.57. The summed E-state index contributed by atoms with van der Waals surface area (Å²) in [6.45, 7) is 6.53. The second-order valence-corrected chi connectivity index (χ2v) is 5.31. The van der Waals surface area contributed by atoms with Crippen molar-refractivity contribution in [2.24, 2.45) is 11.1 Å². The molecule has 88 valence electrons. The van der Waals surface area contributed by atoms with Crippen molar-refractivity contribution in [3.8, 4) is 0 Å². The standard InChI is InChI=1S/C14H22N2/c1-14(11-15)8-5-9-16(12-14)10-13-6-3-2-4-7-13/h2-4,6-7H,5,8-12,15H2,1H3. The monoisotopic (exact) mass is 218 g/mol. The van der Waals surface area contributed by atoms with Gasteiger partial charge in [0.15, 0.2) is 0 Å². The molecule has 0 bridgehead atoms. The van der Waals surface area contributed by atoms with Gasteiger partial charge in [0.25, 0.3) is 0 Å². The molecule has 0 spiro atoms. The zero-order chi connectivity index (χ0) is 11.4. The number of piperidine rings is 1. The Balaban J connectivity index is 1.96. The molecular weight excluding hydrogens is 196 g/mol. The van der Waals surface area contributed by atoms with Crippen LogP contribution in [0.3, 0.4) is 0 Å². The van der Waals surface area contributed by atoms with Gasteiger partial charge >= 0.3 is 0 Å². The molecule has 2 N–H and O–H groups in total. The summed E-state index contributed by atoms with van der Waals surface area (Å²) in [5, 5.41) is 0. The Labute approximate surface area is 98.4 Å². The van der Waals surface area contributed by atoms with Gasteiger partial charge in [-0.15, -0.1) is 0 Å². The summed E-state index contributed by atoms with van der Waals surface area (Å²) in [7, 11) is 0. The molecule has 1 aromatic rings. The minimum Gasteiger partial charge on any atom is -0.330 e. The lowest BCUT2D eigenvalue weighted by Gasteiger charge is -2.39. The van der Waals surface area contributed by atoms with E-state index in [2.05, 4.69) is 42.2 Å². The first kappa shape index (κ1) is 11.6. The number of benzene rings is 1. The molecule has 0 aromatic heterocycles. The average Bonchev–Trinajstić information content (AvgIpc) is 2.30. The molecule has 2 heteroatoms. The lowest BCUT2D eigenvalue weighted by atomic mass is 9.82. The van der Waals surface area contributed by atoms with Gasteiger partial charge in [0.1, 0.15) is 0 Å². The molecule has 1 heterocycles. The van der Waals surface area contributed by atoms with E-state index in [9.17, 15) is 0 Å². The van der Waals surface area contributed by atoms with Gasteiger partial charge in [-0.3, -0.25) is 4.90 Å². The van der Waals surface area contributed by atoms with Crippen LogP contribution in [0.4, 0.5) is 0 Å². The van der Waals surface area contributed by atoms with Gasteiger partial charge < -0.3 is 5.73 Å². The second-order valence-electron chi connectivity index (χ2n) is 5.31. The van der Waals surface area contributed by atoms with Gasteiger partial charge in [-0.05, 0) is 36.9 Å². The Bertz CT molecular complexity index is 323. The summed E-state index contributed by atoms with van der Waals surface area (Å²) in [5.41, 5.74) is 7.60. The van der Waals surface area contributed by atoms with E-state index in [1.54, 1.807) is 0 Å². The van der Waals surface area contributed by atoms with E-state index in [-0.39, 0.29) is 0 Å². The number of hydrogen-bond donors (Lipinski definition) is 1. The Morgan fingerprint density at radius 3 is 2.75 bits per heavy atom. The van der Waals surface area contributed by atoms with E-state index in [4.69, 9.17) is 5.73 Å². The van der Waals surface area contributed by atoms with E-state index in [0.29, 0.717) is 5.41 Å². The Hall–Kier alpha value is -0.860. The molecule has 2 nitrogen and oxygen atoms in total. The van der Waals surface area contributed by atoms with E-state index < -0.39 is 0 Å². The maximum atomic E-state index is 5.87. The van der Waals surface area contributed by atoms with Crippen molar-refractivity contribution < 1.29 is 0 Å². The van der Waals surface area contributed by atoms with Crippen molar-refractivity contribution >= 4 is 0 Å². The highest BCUT2D eigenvalue weighted by Gasteiger charge is 2.29. The first-order valence-electron chi connectivity index (χ1n) is 6.18. The molecule has 0 amide bonds. The van der Waals surface area contributed by atoms with E-state index in [1.807, 2.05) is 0 Å². The lowest BCUT2D eigenvalue weighted by molar-refractivity contribution is 0.103. The lowest BCUT2D eigenvalue weighted by Crippen LogP contribution is -2.45. The van der Waals surface area contributed by atoms with Crippen LogP contribution in [0.5, 0.6) is 0 Å². The number of nitrogens with zero attached hydrogens (tertiary/aromatic N) is 1. The largest absolute Gasteiger partial charge is 0.330 e. The summed E-state index contributed by atoms with van der Waals surface area (Å²) in [4.78, 5) is 2.53. The van der Waals surface area contributed by atoms with Crippen LogP contribution in [0.1, 0.15) is 25.3 Å². The molecule has 1 aliphatic heterocycles. The molecule has 0 aliphatic carbocycles. The summed E-state index contributed by atoms with van der Waals surface area (Å²) in [6.07, 6.45) is 2.55. The second kappa shape index (κ2) is 4.98. The van der Waals surface area contributed by atoms with Gasteiger partial charge in [0, 0.05) is 13.1 Å². The first-order valence-corrected chi connectivity index (χ1v) is 6.18. The average molecular weight is 218 g/mol. The SMILES string of the molecule is CC1(CN)CCCN(Cc2ccccc2)C1. The smallest absolute Gasteiger partial charge is 0.0233 e. The van der Waals surface area contributed by atoms with Crippen LogP contribution in [0.25, 0.3) is 0 Å². The predicted molar refractivity (Wildman–Crippen MR) is 68.1 cm³/mol. The van der Waals surface area contributed by atoms with Crippen molar-refractivity contribution in [2.45, 2.75) is 26.3 Å². The molecular formula is C14H22N2. The van der Waals surface area contributed by atoms with E-state index in [0.717, 1.165) is 19.6 Å². The normalized spacial score (nSPS) is 26.9. The van der Waals surface area contributed by atoms with Crippen LogP contribution >= 0.6 is 0 Å². The summed E-state index contributed by atoms with van der Waals surface area (Å²) < 4.78 is 0. The Morgan fingerprint density at radius 1 is 1.31 bits per heavy atom. The predicted octanol–water partition coefficient (Wildman–Crippen LogP) is 2.25. The van der Waals surface area contributed by atoms with Crippen molar-refractivity contribution in [1.29, 1.82) is 0 Å². The Morgan fingerprint density at radius 2 is 2.06 bits per heavy atom. The van der Waals surface area contributed by atoms with Gasteiger partial charge in [0.05, 0.1) is 0 Å². The van der Waals surface area contributed by atoms with Crippen LogP contribution < -0.4 is 5.73 Å². The zero-order valence-corrected chi connectivity index (χ0v) is 10.2. The van der Waals surface area contributed by atoms with E-state index >= 15 is 0 Å². The molecule has 1 aromatic carbocycles. The molecule has 16 heavy (non-hydrogen) atoms. The third-order valence-corrected chi connectivity index (χ3v) is 3.60. The Kier molecular flexibility index (Phi) is 3.62. The van der Waals surface area contributed by atoms with Gasteiger partial charge in [-0.25, -0.2) is 0 Å². The minimum absolute atomic E-state index is 0.326. The van der Waals surface area contributed by atoms with Gasteiger partial charge in [-0.2, -0.15) is 0 Å². The molecule has 1 aliphatic rings. The fraction of sp³-hybridized carbons (Fsp3) is 0.571. The first-order chi connectivity index (χ1) is 7.72. The molecule has 1 unspecified atom stereocenters. The van der Waals surface area contributed by atoms with Crippen molar-refractivity contribution in [2.75, 3.05) is 19.6 Å². The molecule has 1 atom stereocenters. The highest BCUT2D eigenvalue weighted by Crippen LogP contribution is 2.28. The quantitative estimate of drug-likeness (QED) is 0.843. The van der Waals surface area contributed by atoms with Crippen LogP contribution in [0.2, 0.25) is 0 Å². The van der Waals surface area contributed by atoms with Gasteiger partial charge in [-0.1, -0.05) is 37.3 Å². The third-order valence-electron chi connectivity index (χ3n) is 3.60. The van der Waals surface area contributed by atoms with Crippen molar-refractivity contribution in [3.63, 3.8) is 0 Å². The molecule has 2 rings (SSSR count). The topological polar surface area (TPSA) is 29.3 Å². The van der Waals surface area contributed by atoms with Crippen LogP contribution in [0, 0.1) is 5.41 Å². The number of nitrogens with two attached hydrogens (primary N) is 1. The zero-order valence-electron chi connectivity index (χ0n) is 10.2. The molecule has 1 saturated heterocycles. The van der Waals surface area contributed by atoms with Crippen LogP contribution in [-0.4, -0.2) is 24.5 Å². The molecule has 0 radical (unpaired) electrons. The summed E-state index contributed by atoms with van der Waals surface area (Å²) >= 11 is 0.